The zero-order chi connectivity index (χ0) is 37.0. The highest BCUT2D eigenvalue weighted by Crippen LogP contribution is 2.22. The third kappa shape index (κ3) is 14.3. The van der Waals surface area contributed by atoms with E-state index in [0.717, 1.165) is 87.6 Å². The van der Waals surface area contributed by atoms with E-state index in [1.54, 1.807) is 14.2 Å². The molecule has 0 heterocycles. The van der Waals surface area contributed by atoms with Crippen LogP contribution in [0.15, 0.2) is 97.1 Å². The van der Waals surface area contributed by atoms with E-state index in [0.29, 0.717) is 13.1 Å². The van der Waals surface area contributed by atoms with Crippen LogP contribution >= 0.6 is 0 Å². The molecule has 0 unspecified atom stereocenters. The molecule has 0 aliphatic rings. The lowest BCUT2D eigenvalue weighted by atomic mass is 10.1. The highest BCUT2D eigenvalue weighted by molar-refractivity contribution is 5.72. The third-order valence-electron chi connectivity index (χ3n) is 9.23. The zero-order valence-electron chi connectivity index (χ0n) is 30.8. The molecule has 0 aliphatic heterocycles. The minimum atomic E-state index is -0.551. The molecule has 10 nitrogen and oxygen atoms in total. The maximum absolute atomic E-state index is 11.3. The first-order valence-electron chi connectivity index (χ1n) is 18.2. The Morgan fingerprint density at radius 3 is 1.31 bits per heavy atom. The van der Waals surface area contributed by atoms with Crippen molar-refractivity contribution in [3.63, 3.8) is 0 Å². The summed E-state index contributed by atoms with van der Waals surface area (Å²) in [7, 11) is 3.27. The first-order valence-corrected chi connectivity index (χ1v) is 18.2. The first kappa shape index (κ1) is 39.7. The fourth-order valence-electron chi connectivity index (χ4n) is 6.44. The number of nitrogens with two attached hydrogens (primary N) is 2. The molecular formula is C42H56N6O4. The molecule has 4 aromatic rings. The van der Waals surface area contributed by atoms with E-state index in [4.69, 9.17) is 20.9 Å². The van der Waals surface area contributed by atoms with Crippen molar-refractivity contribution in [3.8, 4) is 11.5 Å². The van der Waals surface area contributed by atoms with Gasteiger partial charge in [-0.15, -0.1) is 0 Å². The molecule has 0 bridgehead atoms. The molecule has 0 aliphatic carbocycles. The quantitative estimate of drug-likeness (QED) is 0.0660. The second kappa shape index (κ2) is 22.0. The van der Waals surface area contributed by atoms with Crippen LogP contribution in [-0.4, -0.2) is 62.3 Å². The molecule has 10 heteroatoms. The standard InChI is InChI=1S/C42H56N6O4/c1-51-39-19-17-33(27-37(39)29-45-41(43)49)21-25-47(31-35-13-7-5-8-14-35)23-11-3-4-12-24-48(32-36-15-9-6-10-16-36)26-22-34-18-20-40(52-2)38(28-34)30-46-42(44)50/h5-10,13-20,27-28H,3-4,11-12,21-26,29-32H2,1-2H3,(H3,43,45,49)(H3,44,46,50). The smallest absolute Gasteiger partial charge is 0.312 e. The molecule has 6 N–H and O–H groups in total. The topological polar surface area (TPSA) is 135 Å². The highest BCUT2D eigenvalue weighted by atomic mass is 16.5. The molecule has 0 radical (unpaired) electrons. The van der Waals surface area contributed by atoms with Crippen LogP contribution in [0.2, 0.25) is 0 Å². The number of rotatable bonds is 23. The Balaban J connectivity index is 1.30. The van der Waals surface area contributed by atoms with Crippen LogP contribution in [0, 0.1) is 0 Å². The number of amides is 4. The van der Waals surface area contributed by atoms with Crippen molar-refractivity contribution < 1.29 is 19.1 Å². The van der Waals surface area contributed by atoms with Crippen LogP contribution < -0.4 is 31.6 Å². The molecule has 4 aromatic carbocycles. The number of unbranched alkanes of at least 4 members (excludes halogenated alkanes) is 3. The van der Waals surface area contributed by atoms with E-state index in [9.17, 15) is 9.59 Å². The number of ether oxygens (including phenoxy) is 2. The minimum Gasteiger partial charge on any atom is -0.496 e. The zero-order valence-corrected chi connectivity index (χ0v) is 30.8. The van der Waals surface area contributed by atoms with Gasteiger partial charge in [0, 0.05) is 50.4 Å². The summed E-state index contributed by atoms with van der Waals surface area (Å²) in [6.07, 6.45) is 6.40. The molecule has 0 saturated heterocycles. The number of methoxy groups -OCH3 is 2. The highest BCUT2D eigenvalue weighted by Gasteiger charge is 2.12. The number of carbonyl (C=O) groups excluding carboxylic acids is 2. The second-order valence-electron chi connectivity index (χ2n) is 13.2. The van der Waals surface area contributed by atoms with Gasteiger partial charge in [-0.05, 0) is 73.2 Å². The first-order chi connectivity index (χ1) is 25.3. The number of hydrogen-bond donors (Lipinski definition) is 4. The van der Waals surface area contributed by atoms with E-state index >= 15 is 0 Å². The lowest BCUT2D eigenvalue weighted by molar-refractivity contribution is 0.247. The fraction of sp³-hybridized carbons (Fsp3) is 0.381. The second-order valence-corrected chi connectivity index (χ2v) is 13.2. The number of benzene rings is 4. The van der Waals surface area contributed by atoms with E-state index < -0.39 is 12.1 Å². The molecular weight excluding hydrogens is 652 g/mol. The van der Waals surface area contributed by atoms with Crippen LogP contribution in [-0.2, 0) is 39.0 Å². The summed E-state index contributed by atoms with van der Waals surface area (Å²) in [5, 5.41) is 5.36. The van der Waals surface area contributed by atoms with Crippen molar-refractivity contribution in [1.29, 1.82) is 0 Å². The van der Waals surface area contributed by atoms with Gasteiger partial charge in [-0.2, -0.15) is 0 Å². The molecule has 278 valence electrons. The Morgan fingerprint density at radius 1 is 0.538 bits per heavy atom. The van der Waals surface area contributed by atoms with E-state index in [2.05, 4.69) is 105 Å². The molecule has 4 amide bonds. The summed E-state index contributed by atoms with van der Waals surface area (Å²) in [5.74, 6) is 1.48. The molecule has 0 saturated carbocycles. The van der Waals surface area contributed by atoms with E-state index in [1.165, 1.54) is 35.1 Å². The Kier molecular flexibility index (Phi) is 16.8. The van der Waals surface area contributed by atoms with Crippen LogP contribution in [0.1, 0.15) is 59.1 Å². The van der Waals surface area contributed by atoms with Crippen molar-refractivity contribution in [1.82, 2.24) is 20.4 Å². The van der Waals surface area contributed by atoms with Crippen molar-refractivity contribution >= 4 is 12.1 Å². The number of hydrogen-bond acceptors (Lipinski definition) is 6. The summed E-state index contributed by atoms with van der Waals surface area (Å²) in [5.41, 5.74) is 17.5. The average molecular weight is 709 g/mol. The SMILES string of the molecule is COc1ccc(CCN(CCCCCCN(CCc2ccc(OC)c(CNC(N)=O)c2)Cc2ccccc2)Cc2ccccc2)cc1CNC(N)=O. The molecule has 4 rings (SSSR count). The third-order valence-corrected chi connectivity index (χ3v) is 9.23. The molecule has 0 fully saturated rings. The van der Waals surface area contributed by atoms with E-state index in [1.807, 2.05) is 12.1 Å². The van der Waals surface area contributed by atoms with Gasteiger partial charge >= 0.3 is 12.1 Å². The molecule has 0 spiro atoms. The summed E-state index contributed by atoms with van der Waals surface area (Å²) in [6, 6.07) is 32.5. The van der Waals surface area contributed by atoms with Gasteiger partial charge in [-0.25, -0.2) is 9.59 Å². The van der Waals surface area contributed by atoms with E-state index in [-0.39, 0.29) is 0 Å². The van der Waals surface area contributed by atoms with Crippen molar-refractivity contribution in [2.45, 2.75) is 64.7 Å². The van der Waals surface area contributed by atoms with Crippen molar-refractivity contribution in [2.75, 3.05) is 40.4 Å². The number of nitrogens with zero attached hydrogens (tertiary/aromatic N) is 2. The summed E-state index contributed by atoms with van der Waals surface area (Å²) < 4.78 is 11.0. The maximum atomic E-state index is 11.3. The van der Waals surface area contributed by atoms with Gasteiger partial charge in [0.15, 0.2) is 0 Å². The van der Waals surface area contributed by atoms with Gasteiger partial charge in [0.2, 0.25) is 0 Å². The van der Waals surface area contributed by atoms with Crippen LogP contribution in [0.25, 0.3) is 0 Å². The van der Waals surface area contributed by atoms with Crippen molar-refractivity contribution in [3.05, 3.63) is 130 Å². The molecule has 0 aromatic heterocycles. The van der Waals surface area contributed by atoms with Crippen molar-refractivity contribution in [2.24, 2.45) is 11.5 Å². The Hall–Kier alpha value is -5.06. The molecule has 0 atom stereocenters. The average Bonchev–Trinajstić information content (AvgIpc) is 3.16. The van der Waals surface area contributed by atoms with Crippen LogP contribution in [0.4, 0.5) is 9.59 Å². The summed E-state index contributed by atoms with van der Waals surface area (Å²) in [4.78, 5) is 27.7. The largest absolute Gasteiger partial charge is 0.496 e. The predicted molar refractivity (Wildman–Crippen MR) is 208 cm³/mol. The Morgan fingerprint density at radius 2 is 0.942 bits per heavy atom. The predicted octanol–water partition coefficient (Wildman–Crippen LogP) is 6.39. The molecule has 52 heavy (non-hydrogen) atoms. The van der Waals surface area contributed by atoms with Gasteiger partial charge in [0.05, 0.1) is 14.2 Å². The van der Waals surface area contributed by atoms with Gasteiger partial charge in [0.1, 0.15) is 11.5 Å². The number of carbonyl (C=O) groups is 2. The lowest BCUT2D eigenvalue weighted by Crippen LogP contribution is -2.29. The van der Waals surface area contributed by atoms with Gasteiger partial charge in [-0.3, -0.25) is 9.80 Å². The fourth-order valence-corrected chi connectivity index (χ4v) is 6.44. The number of primary amides is 2. The summed E-state index contributed by atoms with van der Waals surface area (Å²) in [6.45, 7) is 6.40. The van der Waals surface area contributed by atoms with Gasteiger partial charge < -0.3 is 31.6 Å². The monoisotopic (exact) mass is 708 g/mol. The van der Waals surface area contributed by atoms with Gasteiger partial charge in [-0.1, -0.05) is 97.8 Å². The lowest BCUT2D eigenvalue weighted by Gasteiger charge is -2.24. The Bertz CT molecular complexity index is 1530. The minimum absolute atomic E-state index is 0.335. The van der Waals surface area contributed by atoms with Crippen LogP contribution in [0.3, 0.4) is 0 Å². The summed E-state index contributed by atoms with van der Waals surface area (Å²) >= 11 is 0. The Labute approximate surface area is 309 Å². The van der Waals surface area contributed by atoms with Crippen LogP contribution in [0.5, 0.6) is 11.5 Å². The van der Waals surface area contributed by atoms with Gasteiger partial charge in [0.25, 0.3) is 0 Å². The number of nitrogens with one attached hydrogen (secondary N) is 2. The maximum Gasteiger partial charge on any atom is 0.312 e. The normalized spacial score (nSPS) is 11.1. The number of urea groups is 2.